The number of anilines is 1. The lowest BCUT2D eigenvalue weighted by molar-refractivity contribution is -0.117. The van der Waals surface area contributed by atoms with Gasteiger partial charge >= 0.3 is 0 Å². The maximum Gasteiger partial charge on any atom is 0.251 e. The Morgan fingerprint density at radius 2 is 2.04 bits per heavy atom. The third-order valence-corrected chi connectivity index (χ3v) is 5.18. The molecule has 0 atom stereocenters. The molecule has 1 saturated heterocycles. The number of para-hydroxylation sites is 2. The molecule has 1 N–H and O–H groups in total. The van der Waals surface area contributed by atoms with Gasteiger partial charge in [0.2, 0.25) is 5.91 Å². The average molecular weight is 376 g/mol. The molecule has 0 unspecified atom stereocenters. The minimum absolute atomic E-state index is 0.110. The Morgan fingerprint density at radius 3 is 2.86 bits per heavy atom. The van der Waals surface area contributed by atoms with Gasteiger partial charge in [-0.05, 0) is 50.1 Å². The summed E-state index contributed by atoms with van der Waals surface area (Å²) in [6, 6.07) is 15.4. The van der Waals surface area contributed by atoms with Crippen LogP contribution in [0.4, 0.5) is 5.69 Å². The highest BCUT2D eigenvalue weighted by Crippen LogP contribution is 2.22. The summed E-state index contributed by atoms with van der Waals surface area (Å²) in [6.45, 7) is 4.11. The van der Waals surface area contributed by atoms with Crippen molar-refractivity contribution in [2.75, 3.05) is 18.0 Å². The van der Waals surface area contributed by atoms with Crippen molar-refractivity contribution >= 4 is 28.5 Å². The molecular weight excluding hydrogens is 352 g/mol. The van der Waals surface area contributed by atoms with E-state index in [-0.39, 0.29) is 11.8 Å². The van der Waals surface area contributed by atoms with E-state index >= 15 is 0 Å². The average Bonchev–Trinajstić information content (AvgIpc) is 3.27. The highest BCUT2D eigenvalue weighted by Gasteiger charge is 2.22. The first kappa shape index (κ1) is 18.2. The minimum Gasteiger partial charge on any atom is -0.352 e. The molecule has 1 aromatic heterocycles. The van der Waals surface area contributed by atoms with E-state index in [9.17, 15) is 9.59 Å². The Morgan fingerprint density at radius 1 is 1.18 bits per heavy atom. The summed E-state index contributed by atoms with van der Waals surface area (Å²) in [5.41, 5.74) is 3.50. The molecule has 144 valence electrons. The Hall–Kier alpha value is -3.15. The number of carbonyl (C=O) groups excluding carboxylic acids is 2. The number of carbonyl (C=O) groups is 2. The van der Waals surface area contributed by atoms with E-state index < -0.39 is 0 Å². The quantitative estimate of drug-likeness (QED) is 0.671. The van der Waals surface area contributed by atoms with Gasteiger partial charge in [0.15, 0.2) is 0 Å². The monoisotopic (exact) mass is 376 g/mol. The molecule has 6 nitrogen and oxygen atoms in total. The predicted molar refractivity (Wildman–Crippen MR) is 109 cm³/mol. The molecule has 0 saturated carbocycles. The van der Waals surface area contributed by atoms with Crippen molar-refractivity contribution < 1.29 is 9.59 Å². The lowest BCUT2D eigenvalue weighted by atomic mass is 10.1. The topological polar surface area (TPSA) is 67.2 Å². The van der Waals surface area contributed by atoms with E-state index in [2.05, 4.69) is 20.9 Å². The molecule has 0 radical (unpaired) electrons. The number of nitrogens with one attached hydrogen (secondary N) is 1. The van der Waals surface area contributed by atoms with E-state index in [1.165, 1.54) is 0 Å². The van der Waals surface area contributed by atoms with Gasteiger partial charge in [0.25, 0.3) is 5.91 Å². The Kier molecular flexibility index (Phi) is 5.10. The lowest BCUT2D eigenvalue weighted by Gasteiger charge is -2.16. The van der Waals surface area contributed by atoms with Crippen molar-refractivity contribution in [3.63, 3.8) is 0 Å². The van der Waals surface area contributed by atoms with Gasteiger partial charge in [-0.2, -0.15) is 0 Å². The first-order chi connectivity index (χ1) is 13.6. The highest BCUT2D eigenvalue weighted by atomic mass is 16.2. The number of amides is 2. The molecule has 1 aliphatic heterocycles. The lowest BCUT2D eigenvalue weighted by Crippen LogP contribution is -2.27. The van der Waals surface area contributed by atoms with E-state index in [1.54, 1.807) is 17.0 Å². The number of aromatic nitrogens is 2. The molecule has 1 fully saturated rings. The molecule has 4 rings (SSSR count). The molecule has 0 aliphatic carbocycles. The summed E-state index contributed by atoms with van der Waals surface area (Å²) < 4.78 is 2.18. The molecule has 2 amide bonds. The SMILES string of the molecule is Cc1nc2ccccc2n1CCCNC(=O)c1cccc(N2CCCC2=O)c1. The van der Waals surface area contributed by atoms with E-state index in [1.807, 2.05) is 37.3 Å². The van der Waals surface area contributed by atoms with Crippen LogP contribution in [0.5, 0.6) is 0 Å². The van der Waals surface area contributed by atoms with Gasteiger partial charge in [-0.25, -0.2) is 4.98 Å². The first-order valence-electron chi connectivity index (χ1n) is 9.74. The summed E-state index contributed by atoms with van der Waals surface area (Å²) in [7, 11) is 0. The van der Waals surface area contributed by atoms with Crippen molar-refractivity contribution in [2.45, 2.75) is 32.7 Å². The van der Waals surface area contributed by atoms with Crippen molar-refractivity contribution in [3.8, 4) is 0 Å². The number of benzene rings is 2. The van der Waals surface area contributed by atoms with Crippen LogP contribution in [0.2, 0.25) is 0 Å². The van der Waals surface area contributed by atoms with Crippen LogP contribution in [0.3, 0.4) is 0 Å². The predicted octanol–water partition coefficient (Wildman–Crippen LogP) is 3.29. The van der Waals surface area contributed by atoms with Crippen LogP contribution in [-0.2, 0) is 11.3 Å². The maximum atomic E-state index is 12.5. The molecule has 6 heteroatoms. The van der Waals surface area contributed by atoms with Crippen LogP contribution < -0.4 is 10.2 Å². The summed E-state index contributed by atoms with van der Waals surface area (Å²) >= 11 is 0. The van der Waals surface area contributed by atoms with Crippen molar-refractivity contribution in [1.82, 2.24) is 14.9 Å². The molecule has 1 aliphatic rings. The number of imidazole rings is 1. The van der Waals surface area contributed by atoms with Crippen molar-refractivity contribution in [1.29, 1.82) is 0 Å². The van der Waals surface area contributed by atoms with Crippen LogP contribution in [0.15, 0.2) is 48.5 Å². The third-order valence-electron chi connectivity index (χ3n) is 5.18. The van der Waals surface area contributed by atoms with Crippen molar-refractivity contribution in [2.24, 2.45) is 0 Å². The second-order valence-corrected chi connectivity index (χ2v) is 7.11. The number of hydrogen-bond acceptors (Lipinski definition) is 3. The van der Waals surface area contributed by atoms with Gasteiger partial charge in [0.1, 0.15) is 5.82 Å². The third kappa shape index (κ3) is 3.63. The van der Waals surface area contributed by atoms with E-state index in [4.69, 9.17) is 0 Å². The zero-order valence-electron chi connectivity index (χ0n) is 16.0. The number of hydrogen-bond donors (Lipinski definition) is 1. The van der Waals surface area contributed by atoms with Gasteiger partial charge < -0.3 is 14.8 Å². The van der Waals surface area contributed by atoms with Gasteiger partial charge in [0.05, 0.1) is 11.0 Å². The fourth-order valence-electron chi connectivity index (χ4n) is 3.76. The van der Waals surface area contributed by atoms with Crippen LogP contribution in [0.1, 0.15) is 35.4 Å². The molecule has 0 spiro atoms. The maximum absolute atomic E-state index is 12.5. The number of aryl methyl sites for hydroxylation is 2. The molecule has 3 aromatic rings. The standard InChI is InChI=1S/C22H24N4O2/c1-16-24-19-9-2-3-10-20(19)25(16)14-6-12-23-22(28)17-7-4-8-18(15-17)26-13-5-11-21(26)27/h2-4,7-10,15H,5-6,11-14H2,1H3,(H,23,28). The smallest absolute Gasteiger partial charge is 0.251 e. The van der Waals surface area contributed by atoms with Crippen LogP contribution >= 0.6 is 0 Å². The summed E-state index contributed by atoms with van der Waals surface area (Å²) in [5.74, 6) is 0.997. The molecule has 0 bridgehead atoms. The van der Waals surface area contributed by atoms with Gasteiger partial charge in [0, 0.05) is 37.3 Å². The molecule has 2 heterocycles. The molecule has 2 aromatic carbocycles. The highest BCUT2D eigenvalue weighted by molar-refractivity contribution is 5.99. The van der Waals surface area contributed by atoms with E-state index in [0.717, 1.165) is 48.5 Å². The second-order valence-electron chi connectivity index (χ2n) is 7.11. The van der Waals surface area contributed by atoms with Gasteiger partial charge in [-0.15, -0.1) is 0 Å². The summed E-state index contributed by atoms with van der Waals surface area (Å²) in [5, 5.41) is 2.98. The van der Waals surface area contributed by atoms with Crippen LogP contribution in [0.25, 0.3) is 11.0 Å². The molecule has 28 heavy (non-hydrogen) atoms. The van der Waals surface area contributed by atoms with Crippen LogP contribution in [-0.4, -0.2) is 34.5 Å². The largest absolute Gasteiger partial charge is 0.352 e. The number of rotatable bonds is 6. The second kappa shape index (κ2) is 7.84. The summed E-state index contributed by atoms with van der Waals surface area (Å²) in [4.78, 5) is 30.7. The first-order valence-corrected chi connectivity index (χ1v) is 9.74. The van der Waals surface area contributed by atoms with Crippen molar-refractivity contribution in [3.05, 3.63) is 59.9 Å². The normalized spacial score (nSPS) is 14.0. The van der Waals surface area contributed by atoms with Crippen LogP contribution in [0, 0.1) is 6.92 Å². The minimum atomic E-state index is -0.110. The van der Waals surface area contributed by atoms with E-state index in [0.29, 0.717) is 18.5 Å². The number of nitrogens with zero attached hydrogens (tertiary/aromatic N) is 3. The molecular formula is C22H24N4O2. The van der Waals surface area contributed by atoms with Gasteiger partial charge in [-0.3, -0.25) is 9.59 Å². The zero-order valence-corrected chi connectivity index (χ0v) is 16.0. The fraction of sp³-hybridized carbons (Fsp3) is 0.318. The number of fused-ring (bicyclic) bond motifs is 1. The Bertz CT molecular complexity index is 1020. The fourth-order valence-corrected chi connectivity index (χ4v) is 3.76. The Balaban J connectivity index is 1.35. The Labute approximate surface area is 164 Å². The van der Waals surface area contributed by atoms with Gasteiger partial charge in [-0.1, -0.05) is 18.2 Å². The summed E-state index contributed by atoms with van der Waals surface area (Å²) in [6.07, 6.45) is 2.27. The zero-order chi connectivity index (χ0) is 19.5.